The molecule has 1 aliphatic carbocycles. The number of nitrogens with zero attached hydrogens (tertiary/aromatic N) is 4. The molecule has 218 valence electrons. The van der Waals surface area contributed by atoms with Gasteiger partial charge in [-0.1, -0.05) is 12.1 Å². The molecule has 7 rings (SSSR count). The Kier molecular flexibility index (Phi) is 6.91. The van der Waals surface area contributed by atoms with Crippen LogP contribution in [-0.4, -0.2) is 46.2 Å². The van der Waals surface area contributed by atoms with E-state index in [9.17, 15) is 12.8 Å². The van der Waals surface area contributed by atoms with Crippen LogP contribution in [0.2, 0.25) is 0 Å². The number of sulfone groups is 1. The fourth-order valence-corrected chi connectivity index (χ4v) is 6.16. The van der Waals surface area contributed by atoms with E-state index in [0.717, 1.165) is 51.5 Å². The molecule has 0 radical (unpaired) electrons. The summed E-state index contributed by atoms with van der Waals surface area (Å²) >= 11 is 0. The van der Waals surface area contributed by atoms with E-state index in [2.05, 4.69) is 25.7 Å². The Balaban J connectivity index is 1.15. The van der Waals surface area contributed by atoms with E-state index in [0.29, 0.717) is 29.9 Å². The number of hydrogen-bond acceptors (Lipinski definition) is 8. The topological polar surface area (TPSA) is 115 Å². The first-order chi connectivity index (χ1) is 20.8. The Morgan fingerprint density at radius 3 is 2.74 bits per heavy atom. The summed E-state index contributed by atoms with van der Waals surface area (Å²) in [7, 11) is -3.20. The summed E-state index contributed by atoms with van der Waals surface area (Å²) in [5.41, 5.74) is 4.20. The minimum atomic E-state index is -3.20. The van der Waals surface area contributed by atoms with Gasteiger partial charge in [-0.25, -0.2) is 22.8 Å². The van der Waals surface area contributed by atoms with Crippen LogP contribution in [0.5, 0.6) is 0 Å². The van der Waals surface area contributed by atoms with Crippen LogP contribution in [0.25, 0.3) is 33.1 Å². The SMILES string of the molecule is CS(=O)(=O)C[C@@H](NC1CC1)c1ccc(-c2ccc3ncnc(Nc4ccc5c(cnn5Cc5cccc(F)c5)c4)c3c2)o1. The Morgan fingerprint density at radius 1 is 1.05 bits per heavy atom. The second-order valence-electron chi connectivity index (χ2n) is 11.1. The number of fused-ring (bicyclic) bond motifs is 2. The Hall–Kier alpha value is -4.61. The van der Waals surface area contributed by atoms with Gasteiger partial charge in [0, 0.05) is 34.3 Å². The first-order valence-corrected chi connectivity index (χ1v) is 16.1. The summed E-state index contributed by atoms with van der Waals surface area (Å²) in [6.45, 7) is 0.466. The first kappa shape index (κ1) is 27.2. The summed E-state index contributed by atoms with van der Waals surface area (Å²) in [6.07, 6.45) is 6.63. The highest BCUT2D eigenvalue weighted by molar-refractivity contribution is 7.90. The fraction of sp³-hybridized carbons (Fsp3) is 0.219. The van der Waals surface area contributed by atoms with Crippen molar-refractivity contribution in [2.45, 2.75) is 31.5 Å². The highest BCUT2D eigenvalue weighted by Gasteiger charge is 2.29. The molecule has 3 aromatic heterocycles. The highest BCUT2D eigenvalue weighted by Crippen LogP contribution is 2.33. The summed E-state index contributed by atoms with van der Waals surface area (Å²) < 4.78 is 45.8. The van der Waals surface area contributed by atoms with Crippen LogP contribution in [0.4, 0.5) is 15.9 Å². The predicted molar refractivity (Wildman–Crippen MR) is 164 cm³/mol. The van der Waals surface area contributed by atoms with Gasteiger partial charge in [0.25, 0.3) is 0 Å². The van der Waals surface area contributed by atoms with E-state index in [1.165, 1.54) is 24.7 Å². The summed E-state index contributed by atoms with van der Waals surface area (Å²) in [5, 5.41) is 13.1. The number of furan rings is 1. The van der Waals surface area contributed by atoms with Crippen molar-refractivity contribution < 1.29 is 17.2 Å². The molecule has 0 unspecified atom stereocenters. The maximum Gasteiger partial charge on any atom is 0.149 e. The van der Waals surface area contributed by atoms with E-state index in [1.54, 1.807) is 12.3 Å². The van der Waals surface area contributed by atoms with Crippen LogP contribution in [0.15, 0.2) is 89.7 Å². The van der Waals surface area contributed by atoms with Gasteiger partial charge in [-0.05, 0) is 79.1 Å². The van der Waals surface area contributed by atoms with Gasteiger partial charge in [-0.3, -0.25) is 4.68 Å². The van der Waals surface area contributed by atoms with Crippen molar-refractivity contribution in [2.24, 2.45) is 0 Å². The maximum atomic E-state index is 13.7. The minimum absolute atomic E-state index is 0.0237. The van der Waals surface area contributed by atoms with Gasteiger partial charge in [0.15, 0.2) is 0 Å². The van der Waals surface area contributed by atoms with Gasteiger partial charge in [-0.15, -0.1) is 0 Å². The number of aromatic nitrogens is 4. The van der Waals surface area contributed by atoms with E-state index in [4.69, 9.17) is 4.42 Å². The Labute approximate surface area is 247 Å². The fourth-order valence-electron chi connectivity index (χ4n) is 5.29. The van der Waals surface area contributed by atoms with Gasteiger partial charge >= 0.3 is 0 Å². The lowest BCUT2D eigenvalue weighted by atomic mass is 10.1. The van der Waals surface area contributed by atoms with Crippen LogP contribution in [0, 0.1) is 5.82 Å². The third-order valence-corrected chi connectivity index (χ3v) is 8.44. The Morgan fingerprint density at radius 2 is 1.93 bits per heavy atom. The summed E-state index contributed by atoms with van der Waals surface area (Å²) in [4.78, 5) is 8.95. The van der Waals surface area contributed by atoms with Crippen molar-refractivity contribution in [2.75, 3.05) is 17.3 Å². The van der Waals surface area contributed by atoms with Crippen molar-refractivity contribution in [3.8, 4) is 11.3 Å². The lowest BCUT2D eigenvalue weighted by Gasteiger charge is -2.15. The van der Waals surface area contributed by atoms with Gasteiger partial charge in [0.05, 0.1) is 35.6 Å². The van der Waals surface area contributed by atoms with Gasteiger partial charge in [-0.2, -0.15) is 5.10 Å². The molecule has 2 N–H and O–H groups in total. The number of benzene rings is 3. The standard InChI is InChI=1S/C32H29FN6O3S/c1-43(40,41)18-28(37-24-6-7-24)31-12-11-30(42-31)21-5-9-27-26(15-21)32(35-19-34-27)38-25-8-10-29-22(14-25)16-36-39(29)17-20-3-2-4-23(33)13-20/h2-5,8-16,19,24,28,37H,6-7,17-18H2,1H3,(H,34,35,38)/t28-/m1/s1. The normalized spacial score (nSPS) is 14.4. The molecule has 0 amide bonds. The van der Waals surface area contributed by atoms with Crippen LogP contribution >= 0.6 is 0 Å². The lowest BCUT2D eigenvalue weighted by molar-refractivity contribution is 0.435. The molecule has 6 aromatic rings. The minimum Gasteiger partial charge on any atom is -0.459 e. The average Bonchev–Trinajstić information content (AvgIpc) is 3.50. The van der Waals surface area contributed by atoms with Crippen molar-refractivity contribution in [1.82, 2.24) is 25.1 Å². The molecule has 0 bridgehead atoms. The van der Waals surface area contributed by atoms with Crippen LogP contribution in [0.1, 0.15) is 30.2 Å². The third-order valence-electron chi connectivity index (χ3n) is 7.50. The maximum absolute atomic E-state index is 13.7. The molecular formula is C32H29FN6O3S. The molecule has 0 aliphatic heterocycles. The van der Waals surface area contributed by atoms with E-state index in [1.807, 2.05) is 59.3 Å². The molecule has 11 heteroatoms. The molecule has 43 heavy (non-hydrogen) atoms. The highest BCUT2D eigenvalue weighted by atomic mass is 32.2. The Bertz CT molecular complexity index is 2070. The van der Waals surface area contributed by atoms with E-state index >= 15 is 0 Å². The van der Waals surface area contributed by atoms with Gasteiger partial charge < -0.3 is 15.1 Å². The third kappa shape index (κ3) is 6.13. The van der Waals surface area contributed by atoms with Crippen molar-refractivity contribution in [1.29, 1.82) is 0 Å². The van der Waals surface area contributed by atoms with E-state index in [-0.39, 0.29) is 11.6 Å². The zero-order chi connectivity index (χ0) is 29.6. The second-order valence-corrected chi connectivity index (χ2v) is 13.3. The van der Waals surface area contributed by atoms with Crippen molar-refractivity contribution in [3.05, 3.63) is 102 Å². The molecule has 1 aliphatic rings. The van der Waals surface area contributed by atoms with Gasteiger partial charge in [0.2, 0.25) is 0 Å². The molecule has 0 saturated heterocycles. The van der Waals surface area contributed by atoms with Crippen molar-refractivity contribution >= 4 is 43.1 Å². The molecule has 0 spiro atoms. The summed E-state index contributed by atoms with van der Waals surface area (Å²) in [6, 6.07) is 21.9. The quantitative estimate of drug-likeness (QED) is 0.198. The molecule has 9 nitrogen and oxygen atoms in total. The largest absolute Gasteiger partial charge is 0.459 e. The average molecular weight is 597 g/mol. The molecule has 1 fully saturated rings. The second kappa shape index (κ2) is 10.9. The van der Waals surface area contributed by atoms with Crippen molar-refractivity contribution in [3.63, 3.8) is 0 Å². The van der Waals surface area contributed by atoms with Crippen LogP contribution < -0.4 is 10.6 Å². The number of hydrogen-bond donors (Lipinski definition) is 2. The molecule has 1 saturated carbocycles. The van der Waals surface area contributed by atoms with E-state index < -0.39 is 15.9 Å². The first-order valence-electron chi connectivity index (χ1n) is 14.0. The predicted octanol–water partition coefficient (Wildman–Crippen LogP) is 6.01. The number of halogens is 1. The van der Waals surface area contributed by atoms with Crippen LogP contribution in [0.3, 0.4) is 0 Å². The smallest absolute Gasteiger partial charge is 0.149 e. The molecule has 1 atom stereocenters. The van der Waals surface area contributed by atoms with Gasteiger partial charge in [0.1, 0.15) is 39.3 Å². The zero-order valence-corrected chi connectivity index (χ0v) is 24.2. The number of nitrogens with one attached hydrogen (secondary N) is 2. The summed E-state index contributed by atoms with van der Waals surface area (Å²) in [5.74, 6) is 1.58. The number of rotatable bonds is 10. The number of anilines is 2. The van der Waals surface area contributed by atoms with Crippen LogP contribution in [-0.2, 0) is 16.4 Å². The zero-order valence-electron chi connectivity index (χ0n) is 23.4. The monoisotopic (exact) mass is 596 g/mol. The lowest BCUT2D eigenvalue weighted by Crippen LogP contribution is -2.29. The molecule has 3 aromatic carbocycles. The molecular weight excluding hydrogens is 567 g/mol. The molecule has 3 heterocycles.